The monoisotopic (exact) mass is 438 g/mol. The van der Waals surface area contributed by atoms with Crippen LogP contribution in [0.25, 0.3) is 0 Å². The summed E-state index contributed by atoms with van der Waals surface area (Å²) in [5, 5.41) is 7.05. The number of rotatable bonds is 6. The van der Waals surface area contributed by atoms with Gasteiger partial charge in [-0.2, -0.15) is 13.9 Å². The molecule has 0 fully saturated rings. The molecule has 0 bridgehead atoms. The molecular formula is C20H15F5N4O2. The molecule has 0 saturated heterocycles. The van der Waals surface area contributed by atoms with Gasteiger partial charge >= 0.3 is 6.61 Å². The predicted molar refractivity (Wildman–Crippen MR) is 101 cm³/mol. The number of nitrogens with zero attached hydrogens (tertiary/aromatic N) is 3. The Hall–Kier alpha value is -3.63. The summed E-state index contributed by atoms with van der Waals surface area (Å²) in [7, 11) is 0. The standard InChI is InChI=1S/C20H15F5N4O2/c21-11-1-4-17(15(23)7-11)28-5-6-29-18(19(28)30)8-12(27-29)10-26-16-3-2-13(9-14(16)22)31-20(24)25/h1-4,7-9,20,26H,5-6,10H2. The number of alkyl halides is 2. The van der Waals surface area contributed by atoms with E-state index in [-0.39, 0.29) is 42.5 Å². The van der Waals surface area contributed by atoms with Gasteiger partial charge in [0.2, 0.25) is 0 Å². The molecule has 162 valence electrons. The molecule has 31 heavy (non-hydrogen) atoms. The molecule has 0 spiro atoms. The van der Waals surface area contributed by atoms with E-state index in [9.17, 15) is 26.7 Å². The molecule has 6 nitrogen and oxygen atoms in total. The SMILES string of the molecule is O=C1c2cc(CNc3ccc(OC(F)F)cc3F)nn2CCN1c1ccc(F)cc1F. The molecule has 0 atom stereocenters. The van der Waals surface area contributed by atoms with Crippen molar-refractivity contribution in [1.29, 1.82) is 0 Å². The van der Waals surface area contributed by atoms with Crippen LogP contribution in [0.1, 0.15) is 16.2 Å². The van der Waals surface area contributed by atoms with Crippen LogP contribution >= 0.6 is 0 Å². The number of hydrogen-bond acceptors (Lipinski definition) is 4. The van der Waals surface area contributed by atoms with Gasteiger partial charge in [-0.3, -0.25) is 9.48 Å². The molecule has 2 heterocycles. The Bertz CT molecular complexity index is 1130. The van der Waals surface area contributed by atoms with Crippen molar-refractivity contribution in [1.82, 2.24) is 9.78 Å². The van der Waals surface area contributed by atoms with Crippen molar-refractivity contribution in [3.63, 3.8) is 0 Å². The molecular weight excluding hydrogens is 423 g/mol. The highest BCUT2D eigenvalue weighted by atomic mass is 19.3. The Morgan fingerprint density at radius 1 is 1.03 bits per heavy atom. The minimum absolute atomic E-state index is 0.0355. The highest BCUT2D eigenvalue weighted by Gasteiger charge is 2.29. The van der Waals surface area contributed by atoms with Crippen LogP contribution < -0.4 is 15.0 Å². The van der Waals surface area contributed by atoms with Gasteiger partial charge in [-0.15, -0.1) is 0 Å². The first-order valence-electron chi connectivity index (χ1n) is 9.13. The third-order valence-corrected chi connectivity index (χ3v) is 4.66. The molecule has 1 N–H and O–H groups in total. The number of ether oxygens (including phenoxy) is 1. The number of nitrogens with one attached hydrogen (secondary N) is 1. The van der Waals surface area contributed by atoms with Crippen LogP contribution in [0.2, 0.25) is 0 Å². The fourth-order valence-corrected chi connectivity index (χ4v) is 3.26. The van der Waals surface area contributed by atoms with Crippen LogP contribution in [0.3, 0.4) is 0 Å². The second kappa shape index (κ2) is 8.25. The van der Waals surface area contributed by atoms with Gasteiger partial charge in [0, 0.05) is 18.7 Å². The summed E-state index contributed by atoms with van der Waals surface area (Å²) in [6.07, 6.45) is 0. The molecule has 1 aromatic heterocycles. The summed E-state index contributed by atoms with van der Waals surface area (Å²) in [6.45, 7) is -2.59. The fourth-order valence-electron chi connectivity index (χ4n) is 3.26. The Labute approximate surface area is 172 Å². The first-order valence-corrected chi connectivity index (χ1v) is 9.13. The van der Waals surface area contributed by atoms with Crippen LogP contribution in [0.4, 0.5) is 33.3 Å². The van der Waals surface area contributed by atoms with Crippen LogP contribution in [-0.4, -0.2) is 28.8 Å². The average Bonchev–Trinajstić information content (AvgIpc) is 3.12. The number of carbonyl (C=O) groups excluding carboxylic acids is 1. The zero-order valence-electron chi connectivity index (χ0n) is 15.8. The lowest BCUT2D eigenvalue weighted by molar-refractivity contribution is -0.0499. The number of hydrogen-bond donors (Lipinski definition) is 1. The predicted octanol–water partition coefficient (Wildman–Crippen LogP) is 4.17. The van der Waals surface area contributed by atoms with E-state index in [4.69, 9.17) is 0 Å². The number of carbonyl (C=O) groups is 1. The van der Waals surface area contributed by atoms with Crippen molar-refractivity contribution in [2.75, 3.05) is 16.8 Å². The van der Waals surface area contributed by atoms with Gasteiger partial charge in [0.25, 0.3) is 5.91 Å². The maximum Gasteiger partial charge on any atom is 0.387 e. The smallest absolute Gasteiger partial charge is 0.387 e. The molecule has 0 radical (unpaired) electrons. The van der Waals surface area contributed by atoms with Crippen molar-refractivity contribution in [2.45, 2.75) is 19.7 Å². The number of amides is 1. The summed E-state index contributed by atoms with van der Waals surface area (Å²) in [5.41, 5.74) is 0.616. The van der Waals surface area contributed by atoms with Gasteiger partial charge in [-0.05, 0) is 30.3 Å². The van der Waals surface area contributed by atoms with Crippen LogP contribution in [0.5, 0.6) is 5.75 Å². The molecule has 1 aliphatic heterocycles. The number of aromatic nitrogens is 2. The van der Waals surface area contributed by atoms with E-state index in [1.807, 2.05) is 0 Å². The first kappa shape index (κ1) is 20.6. The second-order valence-corrected chi connectivity index (χ2v) is 6.67. The number of benzene rings is 2. The number of anilines is 2. The molecule has 4 rings (SSSR count). The van der Waals surface area contributed by atoms with Gasteiger partial charge < -0.3 is 15.0 Å². The molecule has 11 heteroatoms. The highest BCUT2D eigenvalue weighted by molar-refractivity contribution is 6.05. The molecule has 3 aromatic rings. The van der Waals surface area contributed by atoms with Gasteiger partial charge in [0.05, 0.1) is 30.2 Å². The lowest BCUT2D eigenvalue weighted by atomic mass is 10.2. The summed E-state index contributed by atoms with van der Waals surface area (Å²) in [6, 6.07) is 7.71. The zero-order chi connectivity index (χ0) is 22.1. The fraction of sp³-hybridized carbons (Fsp3) is 0.200. The van der Waals surface area contributed by atoms with E-state index in [1.54, 1.807) is 0 Å². The first-order chi connectivity index (χ1) is 14.8. The lowest BCUT2D eigenvalue weighted by Gasteiger charge is -2.27. The van der Waals surface area contributed by atoms with E-state index >= 15 is 0 Å². The van der Waals surface area contributed by atoms with Crippen molar-refractivity contribution in [3.8, 4) is 5.75 Å². The van der Waals surface area contributed by atoms with E-state index in [0.29, 0.717) is 11.8 Å². The number of halogens is 5. The Morgan fingerprint density at radius 3 is 2.55 bits per heavy atom. The largest absolute Gasteiger partial charge is 0.435 e. The quantitative estimate of drug-likeness (QED) is 0.587. The van der Waals surface area contributed by atoms with Crippen LogP contribution in [0.15, 0.2) is 42.5 Å². The van der Waals surface area contributed by atoms with Crippen molar-refractivity contribution < 1.29 is 31.5 Å². The van der Waals surface area contributed by atoms with E-state index in [2.05, 4.69) is 15.2 Å². The Morgan fingerprint density at radius 2 is 1.84 bits per heavy atom. The van der Waals surface area contributed by atoms with Crippen LogP contribution in [0, 0.1) is 17.5 Å². The summed E-state index contributed by atoms with van der Waals surface area (Å²) in [5.74, 6) is -3.20. The molecule has 1 amide bonds. The topological polar surface area (TPSA) is 59.4 Å². The van der Waals surface area contributed by atoms with E-state index < -0.39 is 30.0 Å². The Kier molecular flexibility index (Phi) is 5.49. The highest BCUT2D eigenvalue weighted by Crippen LogP contribution is 2.26. The van der Waals surface area contributed by atoms with Gasteiger partial charge in [0.1, 0.15) is 28.9 Å². The molecule has 2 aromatic carbocycles. The van der Waals surface area contributed by atoms with Gasteiger partial charge in [-0.25, -0.2) is 13.2 Å². The van der Waals surface area contributed by atoms with Crippen molar-refractivity contribution in [3.05, 3.63) is 71.3 Å². The zero-order valence-corrected chi connectivity index (χ0v) is 15.8. The normalized spacial score (nSPS) is 13.5. The third-order valence-electron chi connectivity index (χ3n) is 4.66. The van der Waals surface area contributed by atoms with E-state index in [1.165, 1.54) is 33.8 Å². The summed E-state index contributed by atoms with van der Waals surface area (Å²) in [4.78, 5) is 14.0. The minimum Gasteiger partial charge on any atom is -0.435 e. The van der Waals surface area contributed by atoms with Crippen LogP contribution in [-0.2, 0) is 13.1 Å². The number of fused-ring (bicyclic) bond motifs is 1. The minimum atomic E-state index is -3.06. The third kappa shape index (κ3) is 4.30. The summed E-state index contributed by atoms with van der Waals surface area (Å²) >= 11 is 0. The maximum atomic E-state index is 14.1. The van der Waals surface area contributed by atoms with E-state index in [0.717, 1.165) is 12.1 Å². The Balaban J connectivity index is 1.47. The lowest BCUT2D eigenvalue weighted by Crippen LogP contribution is -2.40. The summed E-state index contributed by atoms with van der Waals surface area (Å²) < 4.78 is 71.3. The van der Waals surface area contributed by atoms with Gasteiger partial charge in [-0.1, -0.05) is 0 Å². The molecule has 1 aliphatic rings. The average molecular weight is 438 g/mol. The van der Waals surface area contributed by atoms with Gasteiger partial charge in [0.15, 0.2) is 0 Å². The van der Waals surface area contributed by atoms with Crippen molar-refractivity contribution >= 4 is 17.3 Å². The molecule has 0 saturated carbocycles. The maximum absolute atomic E-state index is 14.1. The van der Waals surface area contributed by atoms with Crippen molar-refractivity contribution in [2.24, 2.45) is 0 Å². The second-order valence-electron chi connectivity index (χ2n) is 6.67. The molecule has 0 aliphatic carbocycles. The molecule has 0 unspecified atom stereocenters.